The molecule has 3 aliphatic rings. The highest BCUT2D eigenvalue weighted by Gasteiger charge is 2.49. The van der Waals surface area contributed by atoms with Crippen molar-refractivity contribution in [3.05, 3.63) is 88.1 Å². The van der Waals surface area contributed by atoms with Gasteiger partial charge in [0.25, 0.3) is 11.8 Å². The first-order valence-electron chi connectivity index (χ1n) is 13.4. The van der Waals surface area contributed by atoms with Gasteiger partial charge in [-0.2, -0.15) is 5.26 Å². The summed E-state index contributed by atoms with van der Waals surface area (Å²) in [6, 6.07) is 13.5. The van der Waals surface area contributed by atoms with Gasteiger partial charge in [0, 0.05) is 54.2 Å². The van der Waals surface area contributed by atoms with Crippen LogP contribution in [0.1, 0.15) is 47.6 Å². The minimum absolute atomic E-state index is 0.0383. The number of halogens is 3. The normalized spacial score (nSPS) is 19.4. The number of nitriles is 1. The van der Waals surface area contributed by atoms with Crippen LogP contribution in [0, 0.1) is 11.3 Å². The Labute approximate surface area is 244 Å². The number of pyridine rings is 1. The van der Waals surface area contributed by atoms with Gasteiger partial charge < -0.3 is 10.1 Å². The van der Waals surface area contributed by atoms with Crippen LogP contribution >= 0.6 is 11.6 Å². The van der Waals surface area contributed by atoms with Crippen LogP contribution in [-0.4, -0.2) is 47.5 Å². The van der Waals surface area contributed by atoms with Crippen LogP contribution in [0.3, 0.4) is 0 Å². The van der Waals surface area contributed by atoms with E-state index in [1.165, 1.54) is 23.2 Å². The monoisotopic (exact) mass is 591 g/mol. The number of ether oxygens (including phenoxy) is 1. The molecule has 2 heterocycles. The molecular weight excluding hydrogens is 568 g/mol. The van der Waals surface area contributed by atoms with Crippen LogP contribution in [0.25, 0.3) is 0 Å². The molecule has 12 heteroatoms. The van der Waals surface area contributed by atoms with Crippen molar-refractivity contribution in [1.82, 2.24) is 10.3 Å². The molecule has 0 spiro atoms. The van der Waals surface area contributed by atoms with Gasteiger partial charge in [-0.05, 0) is 35.4 Å². The number of amides is 3. The van der Waals surface area contributed by atoms with E-state index in [1.807, 2.05) is 12.1 Å². The average molecular weight is 592 g/mol. The lowest BCUT2D eigenvalue weighted by atomic mass is 9.87. The Hall–Kier alpha value is -4.56. The SMILES string of the molecule is N#Cc1ccnc(N2C(=O)OCC[C@H]2C(=O)N(c2cccc3c2C3)C(C(=O)NC2CC(F)(F)C2)c2ccccc2Cl)c1. The first kappa shape index (κ1) is 27.6. The van der Waals surface area contributed by atoms with E-state index in [4.69, 9.17) is 16.3 Å². The van der Waals surface area contributed by atoms with E-state index in [9.17, 15) is 28.4 Å². The molecule has 42 heavy (non-hydrogen) atoms. The number of fused-ring (bicyclic) bond motifs is 1. The Balaban J connectivity index is 1.46. The number of carbonyl (C=O) groups excluding carboxylic acids is 3. The Morgan fingerprint density at radius 3 is 2.71 bits per heavy atom. The molecule has 2 aromatic carbocycles. The van der Waals surface area contributed by atoms with Crippen molar-refractivity contribution in [3.63, 3.8) is 0 Å². The molecule has 2 aliphatic carbocycles. The number of alkyl halides is 2. The first-order valence-corrected chi connectivity index (χ1v) is 13.7. The Morgan fingerprint density at radius 2 is 1.98 bits per heavy atom. The predicted octanol–water partition coefficient (Wildman–Crippen LogP) is 4.91. The molecule has 6 rings (SSSR count). The maximum absolute atomic E-state index is 14.7. The number of hydrogen-bond acceptors (Lipinski definition) is 6. The molecule has 2 fully saturated rings. The van der Waals surface area contributed by atoms with E-state index in [-0.39, 0.29) is 29.4 Å². The molecule has 0 bridgehead atoms. The van der Waals surface area contributed by atoms with Crippen molar-refractivity contribution in [2.75, 3.05) is 16.4 Å². The summed E-state index contributed by atoms with van der Waals surface area (Å²) >= 11 is 6.59. The lowest BCUT2D eigenvalue weighted by Crippen LogP contribution is -2.58. The molecule has 1 saturated carbocycles. The highest BCUT2D eigenvalue weighted by Crippen LogP contribution is 2.43. The lowest BCUT2D eigenvalue weighted by molar-refractivity contribution is -0.133. The van der Waals surface area contributed by atoms with Gasteiger partial charge in [0.1, 0.15) is 17.9 Å². The minimum atomic E-state index is -2.87. The number of nitrogens with zero attached hydrogens (tertiary/aromatic N) is 4. The molecule has 1 unspecified atom stereocenters. The number of benzene rings is 2. The lowest BCUT2D eigenvalue weighted by Gasteiger charge is -2.41. The second kappa shape index (κ2) is 10.7. The molecule has 1 saturated heterocycles. The van der Waals surface area contributed by atoms with Gasteiger partial charge in [0.2, 0.25) is 5.91 Å². The Bertz CT molecular complexity index is 1640. The molecule has 9 nitrogen and oxygen atoms in total. The average Bonchev–Trinajstić information content (AvgIpc) is 3.75. The number of anilines is 2. The highest BCUT2D eigenvalue weighted by molar-refractivity contribution is 6.31. The van der Waals surface area contributed by atoms with E-state index in [0.717, 1.165) is 16.0 Å². The number of aromatic nitrogens is 1. The van der Waals surface area contributed by atoms with E-state index >= 15 is 0 Å². The van der Waals surface area contributed by atoms with Crippen molar-refractivity contribution in [2.45, 2.75) is 49.7 Å². The molecule has 0 radical (unpaired) electrons. The van der Waals surface area contributed by atoms with E-state index in [0.29, 0.717) is 17.7 Å². The van der Waals surface area contributed by atoms with Gasteiger partial charge in [0.15, 0.2) is 0 Å². The largest absolute Gasteiger partial charge is 0.449 e. The summed E-state index contributed by atoms with van der Waals surface area (Å²) < 4.78 is 32.6. The number of hydrogen-bond donors (Lipinski definition) is 1. The zero-order valence-electron chi connectivity index (χ0n) is 22.1. The summed E-state index contributed by atoms with van der Waals surface area (Å²) in [4.78, 5) is 48.3. The molecule has 2 atom stereocenters. The third-order valence-electron chi connectivity index (χ3n) is 7.66. The number of carbonyl (C=O) groups is 3. The number of cyclic esters (lactones) is 1. The van der Waals surface area contributed by atoms with Crippen LogP contribution in [0.4, 0.5) is 25.1 Å². The minimum Gasteiger partial charge on any atom is -0.449 e. The third-order valence-corrected chi connectivity index (χ3v) is 8.01. The van der Waals surface area contributed by atoms with Crippen molar-refractivity contribution in [1.29, 1.82) is 5.26 Å². The second-order valence-corrected chi connectivity index (χ2v) is 10.9. The summed E-state index contributed by atoms with van der Waals surface area (Å²) in [5.41, 5.74) is 2.81. The Kier molecular flexibility index (Phi) is 7.02. The summed E-state index contributed by atoms with van der Waals surface area (Å²) in [7, 11) is 0. The standard InChI is InChI=1S/C30H24ClF2N5O4/c31-22-6-2-1-5-20(22)26(27(39)36-19-14-30(32,33)15-19)38(23-7-3-4-18-13-21(18)23)28(40)24-9-11-42-29(41)37(24)25-12-17(16-34)8-10-35-25/h1-8,10,12,19,24,26H,9,11,13-15H2,(H,36,39)/t24-,26?/m0/s1. The van der Waals surface area contributed by atoms with Gasteiger partial charge in [-0.25, -0.2) is 23.5 Å². The van der Waals surface area contributed by atoms with Crippen LogP contribution in [0.5, 0.6) is 0 Å². The fourth-order valence-electron chi connectivity index (χ4n) is 5.52. The molecule has 3 amide bonds. The van der Waals surface area contributed by atoms with E-state index < -0.39 is 54.8 Å². The summed E-state index contributed by atoms with van der Waals surface area (Å²) in [6.07, 6.45) is 0.165. The molecule has 1 N–H and O–H groups in total. The predicted molar refractivity (Wildman–Crippen MR) is 148 cm³/mol. The quantitative estimate of drug-likeness (QED) is 0.326. The van der Waals surface area contributed by atoms with Crippen molar-refractivity contribution < 1.29 is 27.9 Å². The maximum atomic E-state index is 14.7. The summed E-state index contributed by atoms with van der Waals surface area (Å²) in [6.45, 7) is -0.0649. The first-order chi connectivity index (χ1) is 20.2. The fraction of sp³-hybridized carbons (Fsp3) is 0.300. The molecule has 214 valence electrons. The van der Waals surface area contributed by atoms with Gasteiger partial charge >= 0.3 is 6.09 Å². The molecule has 3 aromatic rings. The van der Waals surface area contributed by atoms with Crippen LogP contribution < -0.4 is 15.1 Å². The van der Waals surface area contributed by atoms with Crippen LogP contribution in [0.15, 0.2) is 60.8 Å². The van der Waals surface area contributed by atoms with Crippen molar-refractivity contribution >= 4 is 41.0 Å². The van der Waals surface area contributed by atoms with Gasteiger partial charge in [-0.1, -0.05) is 41.9 Å². The molecular formula is C30H24ClF2N5O4. The second-order valence-electron chi connectivity index (χ2n) is 10.5. The number of nitrogens with one attached hydrogen (secondary N) is 1. The fourth-order valence-corrected chi connectivity index (χ4v) is 5.76. The summed E-state index contributed by atoms with van der Waals surface area (Å²) in [5, 5.41) is 12.3. The zero-order valence-corrected chi connectivity index (χ0v) is 22.9. The Morgan fingerprint density at radius 1 is 1.19 bits per heavy atom. The van der Waals surface area contributed by atoms with Gasteiger partial charge in [-0.3, -0.25) is 14.5 Å². The van der Waals surface area contributed by atoms with Crippen molar-refractivity contribution in [3.8, 4) is 6.07 Å². The number of rotatable bonds is 7. The maximum Gasteiger partial charge on any atom is 0.416 e. The highest BCUT2D eigenvalue weighted by atomic mass is 35.5. The van der Waals surface area contributed by atoms with E-state index in [1.54, 1.807) is 36.4 Å². The molecule has 1 aromatic heterocycles. The van der Waals surface area contributed by atoms with Gasteiger partial charge in [-0.15, -0.1) is 0 Å². The zero-order chi connectivity index (χ0) is 29.6. The summed E-state index contributed by atoms with van der Waals surface area (Å²) in [5.74, 6) is -4.12. The third kappa shape index (κ3) is 5.14. The van der Waals surface area contributed by atoms with Crippen molar-refractivity contribution in [2.24, 2.45) is 0 Å². The van der Waals surface area contributed by atoms with E-state index in [2.05, 4.69) is 10.3 Å². The van der Waals surface area contributed by atoms with Crippen LogP contribution in [-0.2, 0) is 20.7 Å². The molecule has 1 aliphatic heterocycles. The topological polar surface area (TPSA) is 116 Å². The smallest absolute Gasteiger partial charge is 0.416 e. The van der Waals surface area contributed by atoms with Gasteiger partial charge in [0.05, 0.1) is 18.2 Å². The van der Waals surface area contributed by atoms with Crippen LogP contribution in [0.2, 0.25) is 5.02 Å².